The van der Waals surface area contributed by atoms with Crippen molar-refractivity contribution in [2.24, 2.45) is 4.99 Å². The normalized spacial score (nSPS) is 20.6. The van der Waals surface area contributed by atoms with Crippen LogP contribution in [0.1, 0.15) is 38.2 Å². The summed E-state index contributed by atoms with van der Waals surface area (Å²) in [6, 6.07) is 5.89. The van der Waals surface area contributed by atoms with Gasteiger partial charge in [-0.3, -0.25) is 4.99 Å². The zero-order chi connectivity index (χ0) is 20.7. The number of halogens is 1. The minimum absolute atomic E-state index is 0.103. The second-order valence-corrected chi connectivity index (χ2v) is 8.22. The number of guanidine groups is 1. The van der Waals surface area contributed by atoms with Gasteiger partial charge in [0.1, 0.15) is 5.75 Å². The Bertz CT molecular complexity index is 684. The fourth-order valence-electron chi connectivity index (χ4n) is 4.45. The molecule has 2 fully saturated rings. The summed E-state index contributed by atoms with van der Waals surface area (Å²) in [5.41, 5.74) is 1.04. The number of ether oxygens (including phenoxy) is 3. The zero-order valence-electron chi connectivity index (χ0n) is 17.9. The first kappa shape index (κ1) is 22.2. The predicted octanol–water partition coefficient (Wildman–Crippen LogP) is 3.47. The number of nitrogens with one attached hydrogen (secondary N) is 1. The molecule has 0 atom stereocenters. The molecule has 2 saturated heterocycles. The van der Waals surface area contributed by atoms with E-state index in [4.69, 9.17) is 25.8 Å². The van der Waals surface area contributed by atoms with E-state index in [0.29, 0.717) is 6.10 Å². The lowest BCUT2D eigenvalue weighted by atomic mass is 9.73. The number of benzene rings is 1. The van der Waals surface area contributed by atoms with Crippen LogP contribution in [-0.2, 0) is 14.9 Å². The van der Waals surface area contributed by atoms with Crippen LogP contribution in [0.4, 0.5) is 0 Å². The molecular weight excluding hydrogens is 390 g/mol. The Morgan fingerprint density at radius 1 is 1.31 bits per heavy atom. The zero-order valence-corrected chi connectivity index (χ0v) is 18.6. The Kier molecular flexibility index (Phi) is 8.04. The number of hydrogen-bond acceptors (Lipinski definition) is 4. The summed E-state index contributed by atoms with van der Waals surface area (Å²) in [6.45, 7) is 6.99. The molecule has 29 heavy (non-hydrogen) atoms. The van der Waals surface area contributed by atoms with E-state index in [0.717, 1.165) is 87.4 Å². The van der Waals surface area contributed by atoms with E-state index in [1.54, 1.807) is 7.11 Å². The largest absolute Gasteiger partial charge is 0.496 e. The van der Waals surface area contributed by atoms with Gasteiger partial charge in [-0.15, -0.1) is 0 Å². The molecule has 0 amide bonds. The molecule has 0 spiro atoms. The van der Waals surface area contributed by atoms with Crippen LogP contribution in [0.3, 0.4) is 0 Å². The van der Waals surface area contributed by atoms with E-state index >= 15 is 0 Å². The van der Waals surface area contributed by atoms with Crippen molar-refractivity contribution in [3.8, 4) is 5.75 Å². The summed E-state index contributed by atoms with van der Waals surface area (Å²) in [7, 11) is 3.57. The Balaban J connectivity index is 1.73. The van der Waals surface area contributed by atoms with E-state index in [2.05, 4.69) is 22.1 Å². The molecule has 6 nitrogen and oxygen atoms in total. The van der Waals surface area contributed by atoms with Crippen LogP contribution in [0.5, 0.6) is 5.75 Å². The molecule has 162 valence electrons. The molecule has 3 rings (SSSR count). The first-order valence-corrected chi connectivity index (χ1v) is 11.0. The molecule has 1 aromatic carbocycles. The number of nitrogens with zero attached hydrogens (tertiary/aromatic N) is 2. The quantitative estimate of drug-likeness (QED) is 0.560. The second-order valence-electron chi connectivity index (χ2n) is 7.78. The number of methoxy groups -OCH3 is 1. The Morgan fingerprint density at radius 2 is 2.03 bits per heavy atom. The van der Waals surface area contributed by atoms with Gasteiger partial charge in [-0.2, -0.15) is 0 Å². The first-order chi connectivity index (χ1) is 14.1. The van der Waals surface area contributed by atoms with Crippen molar-refractivity contribution in [1.82, 2.24) is 10.2 Å². The molecule has 2 aliphatic rings. The highest BCUT2D eigenvalue weighted by atomic mass is 35.5. The highest BCUT2D eigenvalue weighted by Gasteiger charge is 2.37. The van der Waals surface area contributed by atoms with Crippen molar-refractivity contribution in [3.05, 3.63) is 28.8 Å². The van der Waals surface area contributed by atoms with Crippen molar-refractivity contribution < 1.29 is 14.2 Å². The van der Waals surface area contributed by atoms with Crippen LogP contribution in [0.25, 0.3) is 0 Å². The highest BCUT2D eigenvalue weighted by molar-refractivity contribution is 6.30. The van der Waals surface area contributed by atoms with Gasteiger partial charge in [0.2, 0.25) is 0 Å². The summed E-state index contributed by atoms with van der Waals surface area (Å²) in [6.07, 6.45) is 4.28. The topological polar surface area (TPSA) is 55.3 Å². The molecule has 2 aliphatic heterocycles. The van der Waals surface area contributed by atoms with Crippen LogP contribution in [0.15, 0.2) is 23.2 Å². The number of piperidine rings is 1. The van der Waals surface area contributed by atoms with Gasteiger partial charge in [0.15, 0.2) is 5.96 Å². The average molecular weight is 424 g/mol. The van der Waals surface area contributed by atoms with E-state index in [9.17, 15) is 0 Å². The number of aliphatic imine (C=N–C) groups is 1. The SMILES string of the molecule is CCOC1CCN(C(=NC)NCC2(c3cc(Cl)ccc3OC)CCOCC2)CC1. The minimum atomic E-state index is -0.103. The maximum Gasteiger partial charge on any atom is 0.193 e. The van der Waals surface area contributed by atoms with Crippen molar-refractivity contribution in [2.45, 2.75) is 44.1 Å². The lowest BCUT2D eigenvalue weighted by Crippen LogP contribution is -2.51. The number of rotatable bonds is 6. The van der Waals surface area contributed by atoms with Gasteiger partial charge in [-0.05, 0) is 50.8 Å². The molecule has 1 N–H and O–H groups in total. The van der Waals surface area contributed by atoms with Crippen molar-refractivity contribution in [1.29, 1.82) is 0 Å². The standard InChI is InChI=1S/C22H34ClN3O3/c1-4-29-18-7-11-26(12-8-18)21(24-2)25-16-22(9-13-28-14-10-22)19-15-17(23)5-6-20(19)27-3/h5-6,15,18H,4,7-14,16H2,1-3H3,(H,24,25). The summed E-state index contributed by atoms with van der Waals surface area (Å²) in [5.74, 6) is 1.83. The highest BCUT2D eigenvalue weighted by Crippen LogP contribution is 2.40. The van der Waals surface area contributed by atoms with Crippen LogP contribution < -0.4 is 10.1 Å². The van der Waals surface area contributed by atoms with Crippen LogP contribution in [0, 0.1) is 0 Å². The Morgan fingerprint density at radius 3 is 2.66 bits per heavy atom. The molecule has 0 unspecified atom stereocenters. The molecule has 0 saturated carbocycles. The summed E-state index contributed by atoms with van der Waals surface area (Å²) < 4.78 is 17.1. The summed E-state index contributed by atoms with van der Waals surface area (Å²) in [5, 5.41) is 4.38. The predicted molar refractivity (Wildman–Crippen MR) is 117 cm³/mol. The third-order valence-corrected chi connectivity index (χ3v) is 6.36. The minimum Gasteiger partial charge on any atom is -0.496 e. The first-order valence-electron chi connectivity index (χ1n) is 10.6. The Labute approximate surface area is 179 Å². The van der Waals surface area contributed by atoms with E-state index in [-0.39, 0.29) is 5.41 Å². The smallest absolute Gasteiger partial charge is 0.193 e. The third kappa shape index (κ3) is 5.36. The second kappa shape index (κ2) is 10.5. The van der Waals surface area contributed by atoms with Gasteiger partial charge in [0, 0.05) is 62.5 Å². The number of likely N-dealkylation sites (tertiary alicyclic amines) is 1. The van der Waals surface area contributed by atoms with Crippen molar-refractivity contribution >= 4 is 17.6 Å². The van der Waals surface area contributed by atoms with Gasteiger partial charge < -0.3 is 24.4 Å². The fraction of sp³-hybridized carbons (Fsp3) is 0.682. The fourth-order valence-corrected chi connectivity index (χ4v) is 4.62. The van der Waals surface area contributed by atoms with E-state index in [1.165, 1.54) is 0 Å². The molecule has 0 bridgehead atoms. The molecule has 0 radical (unpaired) electrons. The molecule has 2 heterocycles. The average Bonchev–Trinajstić information content (AvgIpc) is 2.76. The van der Waals surface area contributed by atoms with Crippen LogP contribution >= 0.6 is 11.6 Å². The van der Waals surface area contributed by atoms with Crippen LogP contribution in [0.2, 0.25) is 5.02 Å². The number of hydrogen-bond donors (Lipinski definition) is 1. The molecule has 0 aromatic heterocycles. The van der Waals surface area contributed by atoms with E-state index in [1.807, 2.05) is 25.2 Å². The lowest BCUT2D eigenvalue weighted by Gasteiger charge is -2.40. The maximum absolute atomic E-state index is 6.36. The monoisotopic (exact) mass is 423 g/mol. The van der Waals surface area contributed by atoms with E-state index < -0.39 is 0 Å². The van der Waals surface area contributed by atoms with Crippen molar-refractivity contribution in [2.75, 3.05) is 53.6 Å². The Hall–Kier alpha value is -1.50. The van der Waals surface area contributed by atoms with Crippen molar-refractivity contribution in [3.63, 3.8) is 0 Å². The lowest BCUT2D eigenvalue weighted by molar-refractivity contribution is 0.0259. The molecular formula is C22H34ClN3O3. The van der Waals surface area contributed by atoms with Gasteiger partial charge in [-0.1, -0.05) is 11.6 Å². The van der Waals surface area contributed by atoms with Gasteiger partial charge in [0.25, 0.3) is 0 Å². The third-order valence-electron chi connectivity index (χ3n) is 6.12. The summed E-state index contributed by atoms with van der Waals surface area (Å²) >= 11 is 6.36. The van der Waals surface area contributed by atoms with Gasteiger partial charge in [0.05, 0.1) is 13.2 Å². The summed E-state index contributed by atoms with van der Waals surface area (Å²) in [4.78, 5) is 6.89. The van der Waals surface area contributed by atoms with Crippen LogP contribution in [-0.4, -0.2) is 70.6 Å². The molecule has 0 aliphatic carbocycles. The maximum atomic E-state index is 6.36. The van der Waals surface area contributed by atoms with Gasteiger partial charge in [-0.25, -0.2) is 0 Å². The molecule has 1 aromatic rings. The molecule has 7 heteroatoms. The van der Waals surface area contributed by atoms with Gasteiger partial charge >= 0.3 is 0 Å².